The Balaban J connectivity index is 1.30. The van der Waals surface area contributed by atoms with Gasteiger partial charge in [0, 0.05) is 32.0 Å². The maximum Gasteiger partial charge on any atom is 0.249 e. The standard InChI is InChI=1S/C17H24N4O2/c22-15(20-12-13-2-3-13)14-4-5-17(23-14)6-10-21(11-7-17)16-18-8-1-9-19-16/h1,8-9,13-14H,2-7,10-12H2,(H,20,22)/t14-/m1/s1. The summed E-state index contributed by atoms with van der Waals surface area (Å²) in [7, 11) is 0. The molecule has 23 heavy (non-hydrogen) atoms. The number of ether oxygens (including phenoxy) is 1. The molecule has 1 N–H and O–H groups in total. The van der Waals surface area contributed by atoms with Gasteiger partial charge in [0.15, 0.2) is 0 Å². The maximum atomic E-state index is 12.2. The highest BCUT2D eigenvalue weighted by molar-refractivity contribution is 5.81. The van der Waals surface area contributed by atoms with Crippen LogP contribution in [0.5, 0.6) is 0 Å². The first-order chi connectivity index (χ1) is 11.2. The highest BCUT2D eigenvalue weighted by Gasteiger charge is 2.45. The number of hydrogen-bond donors (Lipinski definition) is 1. The third kappa shape index (κ3) is 3.32. The number of hydrogen-bond acceptors (Lipinski definition) is 5. The second-order valence-electron chi connectivity index (χ2n) is 7.05. The van der Waals surface area contributed by atoms with Gasteiger partial charge in [0.1, 0.15) is 6.10 Å². The minimum Gasteiger partial charge on any atom is -0.362 e. The van der Waals surface area contributed by atoms with E-state index in [0.29, 0.717) is 5.92 Å². The van der Waals surface area contributed by atoms with Gasteiger partial charge in [-0.25, -0.2) is 9.97 Å². The van der Waals surface area contributed by atoms with E-state index in [9.17, 15) is 4.79 Å². The van der Waals surface area contributed by atoms with Crippen molar-refractivity contribution in [2.75, 3.05) is 24.5 Å². The van der Waals surface area contributed by atoms with Gasteiger partial charge in [-0.3, -0.25) is 4.79 Å². The molecular formula is C17H24N4O2. The molecule has 1 aromatic heterocycles. The summed E-state index contributed by atoms with van der Waals surface area (Å²) in [5.74, 6) is 1.59. The molecule has 1 amide bonds. The molecule has 2 aliphatic heterocycles. The fraction of sp³-hybridized carbons (Fsp3) is 0.706. The number of nitrogens with one attached hydrogen (secondary N) is 1. The Morgan fingerprint density at radius 1 is 1.22 bits per heavy atom. The van der Waals surface area contributed by atoms with E-state index >= 15 is 0 Å². The second kappa shape index (κ2) is 6.07. The Morgan fingerprint density at radius 3 is 2.65 bits per heavy atom. The van der Waals surface area contributed by atoms with Crippen LogP contribution in [0.15, 0.2) is 18.5 Å². The van der Waals surface area contributed by atoms with E-state index in [4.69, 9.17) is 4.74 Å². The lowest BCUT2D eigenvalue weighted by molar-refractivity contribution is -0.138. The number of carbonyl (C=O) groups excluding carboxylic acids is 1. The van der Waals surface area contributed by atoms with Crippen molar-refractivity contribution in [3.63, 3.8) is 0 Å². The molecule has 1 spiro atoms. The summed E-state index contributed by atoms with van der Waals surface area (Å²) in [6.45, 7) is 2.60. The quantitative estimate of drug-likeness (QED) is 0.912. The van der Waals surface area contributed by atoms with Crippen LogP contribution < -0.4 is 10.2 Å². The molecule has 3 aliphatic rings. The average molecular weight is 316 g/mol. The Labute approximate surface area is 136 Å². The molecule has 1 aromatic rings. The number of carbonyl (C=O) groups is 1. The molecule has 0 aromatic carbocycles. The van der Waals surface area contributed by atoms with E-state index in [2.05, 4.69) is 20.2 Å². The predicted molar refractivity (Wildman–Crippen MR) is 86.1 cm³/mol. The zero-order chi connectivity index (χ0) is 15.7. The largest absolute Gasteiger partial charge is 0.362 e. The highest BCUT2D eigenvalue weighted by Crippen LogP contribution is 2.39. The number of amides is 1. The van der Waals surface area contributed by atoms with Crippen LogP contribution in [0.25, 0.3) is 0 Å². The summed E-state index contributed by atoms with van der Waals surface area (Å²) in [5, 5.41) is 3.05. The normalized spacial score (nSPS) is 26.4. The molecule has 4 rings (SSSR count). The molecule has 3 fully saturated rings. The summed E-state index contributed by atoms with van der Waals surface area (Å²) in [6, 6.07) is 1.83. The number of anilines is 1. The van der Waals surface area contributed by atoms with Crippen molar-refractivity contribution in [2.45, 2.75) is 50.2 Å². The number of rotatable bonds is 4. The molecule has 6 nitrogen and oxygen atoms in total. The van der Waals surface area contributed by atoms with Gasteiger partial charge in [-0.2, -0.15) is 0 Å². The van der Waals surface area contributed by atoms with Crippen LogP contribution in [0.3, 0.4) is 0 Å². The van der Waals surface area contributed by atoms with Gasteiger partial charge in [0.2, 0.25) is 11.9 Å². The minimum atomic E-state index is -0.256. The maximum absolute atomic E-state index is 12.2. The molecule has 124 valence electrons. The van der Waals surface area contributed by atoms with Crippen molar-refractivity contribution in [3.8, 4) is 0 Å². The Bertz CT molecular complexity index is 553. The third-order valence-electron chi connectivity index (χ3n) is 5.32. The predicted octanol–water partition coefficient (Wildman–Crippen LogP) is 1.52. The van der Waals surface area contributed by atoms with Crippen molar-refractivity contribution in [2.24, 2.45) is 5.92 Å². The lowest BCUT2D eigenvalue weighted by Crippen LogP contribution is -2.46. The van der Waals surface area contributed by atoms with Crippen molar-refractivity contribution in [1.29, 1.82) is 0 Å². The highest BCUT2D eigenvalue weighted by atomic mass is 16.5. The Morgan fingerprint density at radius 2 is 1.96 bits per heavy atom. The van der Waals surface area contributed by atoms with Crippen LogP contribution in [-0.2, 0) is 9.53 Å². The van der Waals surface area contributed by atoms with Gasteiger partial charge in [-0.1, -0.05) is 0 Å². The molecule has 6 heteroatoms. The number of nitrogens with zero attached hydrogens (tertiary/aromatic N) is 3. The van der Waals surface area contributed by atoms with Gasteiger partial charge in [0.05, 0.1) is 5.60 Å². The summed E-state index contributed by atoms with van der Waals surface area (Å²) in [4.78, 5) is 23.1. The summed E-state index contributed by atoms with van der Waals surface area (Å²) < 4.78 is 6.21. The SMILES string of the molecule is O=C(NCC1CC1)[C@H]1CCC2(CCN(c3ncccn3)CC2)O1. The topological polar surface area (TPSA) is 67.4 Å². The third-order valence-corrected chi connectivity index (χ3v) is 5.32. The molecule has 1 atom stereocenters. The molecule has 0 unspecified atom stereocenters. The molecule has 0 radical (unpaired) electrons. The minimum absolute atomic E-state index is 0.0857. The number of aromatic nitrogens is 2. The fourth-order valence-electron chi connectivity index (χ4n) is 3.62. The van der Waals surface area contributed by atoms with Gasteiger partial charge >= 0.3 is 0 Å². The first-order valence-electron chi connectivity index (χ1n) is 8.72. The van der Waals surface area contributed by atoms with Crippen LogP contribution in [-0.4, -0.2) is 47.2 Å². The van der Waals surface area contributed by atoms with Crippen molar-refractivity contribution >= 4 is 11.9 Å². The Hall–Kier alpha value is -1.69. The van der Waals surface area contributed by atoms with E-state index in [1.165, 1.54) is 12.8 Å². The van der Waals surface area contributed by atoms with E-state index in [0.717, 1.165) is 51.3 Å². The van der Waals surface area contributed by atoms with E-state index < -0.39 is 0 Å². The van der Waals surface area contributed by atoms with Crippen molar-refractivity contribution in [3.05, 3.63) is 18.5 Å². The summed E-state index contributed by atoms with van der Waals surface area (Å²) in [5.41, 5.74) is -0.118. The Kier molecular flexibility index (Phi) is 3.93. The molecule has 1 saturated carbocycles. The van der Waals surface area contributed by atoms with E-state index in [-0.39, 0.29) is 17.6 Å². The molecular weight excluding hydrogens is 292 g/mol. The first kappa shape index (κ1) is 14.9. The first-order valence-corrected chi connectivity index (χ1v) is 8.72. The van der Waals surface area contributed by atoms with Crippen LogP contribution in [0, 0.1) is 5.92 Å². The van der Waals surface area contributed by atoms with E-state index in [1.54, 1.807) is 12.4 Å². The van der Waals surface area contributed by atoms with Crippen LogP contribution in [0.2, 0.25) is 0 Å². The molecule has 0 bridgehead atoms. The van der Waals surface area contributed by atoms with Crippen molar-refractivity contribution in [1.82, 2.24) is 15.3 Å². The summed E-state index contributed by atoms with van der Waals surface area (Å²) in [6.07, 6.45) is 9.53. The van der Waals surface area contributed by atoms with Crippen LogP contribution in [0.4, 0.5) is 5.95 Å². The second-order valence-corrected chi connectivity index (χ2v) is 7.05. The molecule has 2 saturated heterocycles. The van der Waals surface area contributed by atoms with Gasteiger partial charge in [-0.15, -0.1) is 0 Å². The summed E-state index contributed by atoms with van der Waals surface area (Å²) >= 11 is 0. The monoisotopic (exact) mass is 316 g/mol. The van der Waals surface area contributed by atoms with Gasteiger partial charge in [-0.05, 0) is 50.5 Å². The smallest absolute Gasteiger partial charge is 0.249 e. The van der Waals surface area contributed by atoms with Gasteiger partial charge in [0.25, 0.3) is 0 Å². The zero-order valence-corrected chi connectivity index (χ0v) is 13.4. The fourth-order valence-corrected chi connectivity index (χ4v) is 3.62. The zero-order valence-electron chi connectivity index (χ0n) is 13.4. The van der Waals surface area contributed by atoms with E-state index in [1.807, 2.05) is 6.07 Å². The number of piperidine rings is 1. The van der Waals surface area contributed by atoms with Crippen LogP contribution >= 0.6 is 0 Å². The lowest BCUT2D eigenvalue weighted by atomic mass is 9.88. The van der Waals surface area contributed by atoms with Crippen LogP contribution in [0.1, 0.15) is 38.5 Å². The van der Waals surface area contributed by atoms with Crippen molar-refractivity contribution < 1.29 is 9.53 Å². The molecule has 3 heterocycles. The average Bonchev–Trinajstić information content (AvgIpc) is 3.35. The van der Waals surface area contributed by atoms with Gasteiger partial charge < -0.3 is 15.0 Å². The molecule has 1 aliphatic carbocycles. The lowest BCUT2D eigenvalue weighted by Gasteiger charge is -2.39.